The third-order valence-corrected chi connectivity index (χ3v) is 6.18. The summed E-state index contributed by atoms with van der Waals surface area (Å²) in [5, 5.41) is 0. The van der Waals surface area contributed by atoms with Gasteiger partial charge in [-0.2, -0.15) is 0 Å². The lowest BCUT2D eigenvalue weighted by molar-refractivity contribution is 0.0942. The van der Waals surface area contributed by atoms with Crippen molar-refractivity contribution in [3.05, 3.63) is 125 Å². The zero-order chi connectivity index (χ0) is 27.7. The number of aromatic amines is 2. The quantitative estimate of drug-likeness (QED) is 0.246. The van der Waals surface area contributed by atoms with Gasteiger partial charge in [-0.3, -0.25) is 28.7 Å². The molecule has 0 aliphatic heterocycles. The van der Waals surface area contributed by atoms with E-state index in [4.69, 9.17) is 9.47 Å². The first-order valence-corrected chi connectivity index (χ1v) is 12.5. The molecule has 0 saturated carbocycles. The van der Waals surface area contributed by atoms with Crippen molar-refractivity contribution in [2.45, 2.75) is 53.0 Å². The number of rotatable bonds is 14. The number of nitrogens with one attached hydrogen (secondary N) is 2. The smallest absolute Gasteiger partial charge is 0.330 e. The second kappa shape index (κ2) is 13.5. The second-order valence-electron chi connectivity index (χ2n) is 8.68. The molecule has 0 aliphatic carbocycles. The van der Waals surface area contributed by atoms with Crippen molar-refractivity contribution >= 4 is 0 Å². The highest BCUT2D eigenvalue weighted by molar-refractivity contribution is 5.33. The van der Waals surface area contributed by atoms with E-state index in [9.17, 15) is 19.2 Å². The summed E-state index contributed by atoms with van der Waals surface area (Å²) in [4.78, 5) is 55.1. The van der Waals surface area contributed by atoms with E-state index in [0.717, 1.165) is 11.1 Å². The van der Waals surface area contributed by atoms with E-state index in [1.54, 1.807) is 12.2 Å². The Morgan fingerprint density at radius 2 is 1.18 bits per heavy atom. The molecule has 3 rings (SSSR count). The van der Waals surface area contributed by atoms with Crippen LogP contribution in [0.15, 0.2) is 68.8 Å². The maximum Gasteiger partial charge on any atom is 0.330 e. The van der Waals surface area contributed by atoms with Crippen molar-refractivity contribution in [2.75, 3.05) is 13.2 Å². The summed E-state index contributed by atoms with van der Waals surface area (Å²) in [7, 11) is 0. The van der Waals surface area contributed by atoms with Gasteiger partial charge in [-0.05, 0) is 24.0 Å². The third-order valence-electron chi connectivity index (χ3n) is 6.18. The zero-order valence-electron chi connectivity index (χ0n) is 21.9. The first-order valence-electron chi connectivity index (χ1n) is 12.5. The highest BCUT2D eigenvalue weighted by Gasteiger charge is 2.17. The predicted octanol–water partition coefficient (Wildman–Crippen LogP) is 2.01. The number of benzene rings is 1. The Balaban J connectivity index is 2.03. The molecular weight excluding hydrogens is 488 g/mol. The van der Waals surface area contributed by atoms with E-state index in [-0.39, 0.29) is 26.7 Å². The molecule has 202 valence electrons. The van der Waals surface area contributed by atoms with Crippen LogP contribution >= 0.6 is 0 Å². The van der Waals surface area contributed by atoms with Gasteiger partial charge < -0.3 is 9.47 Å². The number of H-pyrrole nitrogens is 2. The SMILES string of the molecule is C=CCOCn1c(Cc2cccc(Cc3c(CC)c(=O)[nH]c(=O)n3COCC=C)c2)c(CC)c(=O)[nH]c1=O. The average Bonchev–Trinajstić information content (AvgIpc) is 2.88. The Kier molecular flexibility index (Phi) is 10.1. The molecule has 0 aliphatic rings. The summed E-state index contributed by atoms with van der Waals surface area (Å²) in [6.45, 7) is 11.4. The van der Waals surface area contributed by atoms with E-state index in [1.807, 2.05) is 38.1 Å². The van der Waals surface area contributed by atoms with Crippen LogP contribution in [0.5, 0.6) is 0 Å². The number of ether oxygens (including phenoxy) is 2. The summed E-state index contributed by atoms with van der Waals surface area (Å²) in [5.74, 6) is 0. The molecule has 0 spiro atoms. The topological polar surface area (TPSA) is 128 Å². The van der Waals surface area contributed by atoms with Crippen LogP contribution in [0.1, 0.15) is 47.5 Å². The molecule has 38 heavy (non-hydrogen) atoms. The fraction of sp³-hybridized carbons (Fsp3) is 0.357. The number of hydrogen-bond acceptors (Lipinski definition) is 6. The Hall–Kier alpha value is -4.02. The minimum absolute atomic E-state index is 0.0205. The molecule has 1 aromatic carbocycles. The molecule has 2 N–H and O–H groups in total. The lowest BCUT2D eigenvalue weighted by Gasteiger charge is -2.17. The maximum absolute atomic E-state index is 12.6. The van der Waals surface area contributed by atoms with Crippen LogP contribution in [0.2, 0.25) is 0 Å². The van der Waals surface area contributed by atoms with Crippen LogP contribution in [-0.4, -0.2) is 32.3 Å². The molecule has 3 aromatic rings. The first-order chi connectivity index (χ1) is 18.3. The van der Waals surface area contributed by atoms with E-state index in [1.165, 1.54) is 9.13 Å². The van der Waals surface area contributed by atoms with Gasteiger partial charge in [0.15, 0.2) is 0 Å². The second-order valence-corrected chi connectivity index (χ2v) is 8.68. The van der Waals surface area contributed by atoms with Crippen molar-refractivity contribution in [1.29, 1.82) is 0 Å². The van der Waals surface area contributed by atoms with E-state index in [0.29, 0.717) is 48.2 Å². The Labute approximate surface area is 219 Å². The monoisotopic (exact) mass is 522 g/mol. The minimum Gasteiger partial charge on any atom is -0.357 e. The predicted molar refractivity (Wildman–Crippen MR) is 146 cm³/mol. The number of nitrogens with zero attached hydrogens (tertiary/aromatic N) is 2. The highest BCUT2D eigenvalue weighted by Crippen LogP contribution is 2.17. The summed E-state index contributed by atoms with van der Waals surface area (Å²) >= 11 is 0. The van der Waals surface area contributed by atoms with Gasteiger partial charge in [-0.1, -0.05) is 50.3 Å². The van der Waals surface area contributed by atoms with Crippen molar-refractivity contribution in [2.24, 2.45) is 0 Å². The standard InChI is InChI=1S/C28H34N4O6/c1-5-12-37-17-31-23(21(7-3)25(33)29-27(31)35)15-19-10-9-11-20(14-19)16-24-22(8-4)26(34)30-28(36)32(24)18-38-13-6-2/h5-6,9-11,14H,1-2,7-8,12-13,15-18H2,3-4H3,(H,29,33,35)(H,30,34,36). The van der Waals surface area contributed by atoms with Gasteiger partial charge in [0, 0.05) is 35.4 Å². The fourth-order valence-corrected chi connectivity index (χ4v) is 4.41. The fourth-order valence-electron chi connectivity index (χ4n) is 4.41. The van der Waals surface area contributed by atoms with Crippen LogP contribution < -0.4 is 22.5 Å². The lowest BCUT2D eigenvalue weighted by atomic mass is 9.99. The Morgan fingerprint density at radius 3 is 1.55 bits per heavy atom. The molecule has 10 heteroatoms. The van der Waals surface area contributed by atoms with Gasteiger partial charge in [0.25, 0.3) is 11.1 Å². The summed E-state index contributed by atoms with van der Waals surface area (Å²) in [6, 6.07) is 7.63. The summed E-state index contributed by atoms with van der Waals surface area (Å²) in [6.07, 6.45) is 4.69. The average molecular weight is 523 g/mol. The van der Waals surface area contributed by atoms with Crippen LogP contribution in [0, 0.1) is 0 Å². The van der Waals surface area contributed by atoms with Gasteiger partial charge in [0.05, 0.1) is 13.2 Å². The van der Waals surface area contributed by atoms with Crippen LogP contribution in [-0.2, 0) is 48.6 Å². The van der Waals surface area contributed by atoms with E-state index < -0.39 is 22.5 Å². The van der Waals surface area contributed by atoms with Gasteiger partial charge in [-0.15, -0.1) is 13.2 Å². The molecule has 0 amide bonds. The third kappa shape index (κ3) is 6.64. The van der Waals surface area contributed by atoms with Gasteiger partial charge in [0.2, 0.25) is 0 Å². The Bertz CT molecular complexity index is 1420. The largest absolute Gasteiger partial charge is 0.357 e. The van der Waals surface area contributed by atoms with Crippen molar-refractivity contribution in [3.63, 3.8) is 0 Å². The van der Waals surface area contributed by atoms with Gasteiger partial charge in [-0.25, -0.2) is 9.59 Å². The van der Waals surface area contributed by atoms with Gasteiger partial charge >= 0.3 is 11.4 Å². The molecule has 0 unspecified atom stereocenters. The van der Waals surface area contributed by atoms with Crippen molar-refractivity contribution < 1.29 is 9.47 Å². The molecule has 0 atom stereocenters. The van der Waals surface area contributed by atoms with Crippen LogP contribution in [0.25, 0.3) is 0 Å². The summed E-state index contributed by atoms with van der Waals surface area (Å²) in [5.41, 5.74) is 1.97. The Morgan fingerprint density at radius 1 is 0.763 bits per heavy atom. The molecule has 2 aromatic heterocycles. The number of hydrogen-bond donors (Lipinski definition) is 2. The maximum atomic E-state index is 12.6. The molecule has 0 saturated heterocycles. The lowest BCUT2D eigenvalue weighted by Crippen LogP contribution is -2.36. The summed E-state index contributed by atoms with van der Waals surface area (Å²) < 4.78 is 13.9. The molecule has 2 heterocycles. The normalized spacial score (nSPS) is 11.0. The van der Waals surface area contributed by atoms with Crippen molar-refractivity contribution in [3.8, 4) is 0 Å². The van der Waals surface area contributed by atoms with Crippen molar-refractivity contribution in [1.82, 2.24) is 19.1 Å². The van der Waals surface area contributed by atoms with E-state index in [2.05, 4.69) is 23.1 Å². The molecular formula is C28H34N4O6. The zero-order valence-corrected chi connectivity index (χ0v) is 21.9. The molecule has 10 nitrogen and oxygen atoms in total. The van der Waals surface area contributed by atoms with E-state index >= 15 is 0 Å². The van der Waals surface area contributed by atoms with Crippen LogP contribution in [0.4, 0.5) is 0 Å². The minimum atomic E-state index is -0.540. The molecule has 0 bridgehead atoms. The van der Waals surface area contributed by atoms with Gasteiger partial charge in [0.1, 0.15) is 13.5 Å². The number of aromatic nitrogens is 4. The molecule has 0 fully saturated rings. The molecule has 0 radical (unpaired) electrons. The first kappa shape index (κ1) is 28.5. The van der Waals surface area contributed by atoms with Crippen LogP contribution in [0.3, 0.4) is 0 Å². The highest BCUT2D eigenvalue weighted by atomic mass is 16.5.